The van der Waals surface area contributed by atoms with Crippen molar-refractivity contribution in [1.29, 1.82) is 0 Å². The fraction of sp³-hybridized carbons (Fsp3) is 0.250. The molecule has 2 amide bonds. The number of hydrogen-bond acceptors (Lipinski definition) is 3. The average Bonchev–Trinajstić information content (AvgIpc) is 2.62. The molecule has 1 aliphatic rings. The minimum absolute atomic E-state index is 0.0139. The van der Waals surface area contributed by atoms with Gasteiger partial charge in [-0.1, -0.05) is 24.3 Å². The van der Waals surface area contributed by atoms with Crippen molar-refractivity contribution in [2.45, 2.75) is 26.2 Å². The zero-order valence-corrected chi connectivity index (χ0v) is 14.5. The van der Waals surface area contributed by atoms with Gasteiger partial charge in [0, 0.05) is 30.8 Å². The van der Waals surface area contributed by atoms with Gasteiger partial charge in [0.2, 0.25) is 11.8 Å². The summed E-state index contributed by atoms with van der Waals surface area (Å²) in [5, 5.41) is 11.9. The van der Waals surface area contributed by atoms with Crippen molar-refractivity contribution in [3.05, 3.63) is 59.2 Å². The van der Waals surface area contributed by atoms with E-state index < -0.39 is 5.97 Å². The number of nitrogens with zero attached hydrogens (tertiary/aromatic N) is 1. The molecule has 2 aromatic rings. The van der Waals surface area contributed by atoms with Crippen LogP contribution in [0.25, 0.3) is 0 Å². The molecule has 0 saturated heterocycles. The standard InChI is InChI=1S/C20H20N2O4/c1-13-6-8-15(12-16(13)20(25)26)21-18(23)10-11-22-17-5-3-2-4-14(17)7-9-19(22)24/h2-6,8,12H,7,9-11H2,1H3,(H,21,23)(H,25,26). The summed E-state index contributed by atoms with van der Waals surface area (Å²) in [4.78, 5) is 37.3. The lowest BCUT2D eigenvalue weighted by Crippen LogP contribution is -2.37. The van der Waals surface area contributed by atoms with Crippen molar-refractivity contribution < 1.29 is 19.5 Å². The van der Waals surface area contributed by atoms with Gasteiger partial charge >= 0.3 is 5.97 Å². The van der Waals surface area contributed by atoms with Gasteiger partial charge in [-0.15, -0.1) is 0 Å². The van der Waals surface area contributed by atoms with Crippen LogP contribution in [0.2, 0.25) is 0 Å². The van der Waals surface area contributed by atoms with Gasteiger partial charge in [0.1, 0.15) is 0 Å². The molecular formula is C20H20N2O4. The zero-order chi connectivity index (χ0) is 18.7. The van der Waals surface area contributed by atoms with Crippen LogP contribution in [0.4, 0.5) is 11.4 Å². The van der Waals surface area contributed by atoms with E-state index in [0.717, 1.165) is 17.7 Å². The molecule has 0 aliphatic carbocycles. The Morgan fingerprint density at radius 3 is 2.69 bits per heavy atom. The number of aryl methyl sites for hydroxylation is 2. The van der Waals surface area contributed by atoms with Crippen LogP contribution in [0.1, 0.15) is 34.3 Å². The molecule has 26 heavy (non-hydrogen) atoms. The van der Waals surface area contributed by atoms with E-state index in [1.807, 2.05) is 24.3 Å². The number of amides is 2. The summed E-state index contributed by atoms with van der Waals surface area (Å²) >= 11 is 0. The summed E-state index contributed by atoms with van der Waals surface area (Å²) in [5.41, 5.74) is 3.19. The minimum atomic E-state index is -1.03. The second-order valence-corrected chi connectivity index (χ2v) is 6.31. The first kappa shape index (κ1) is 17.7. The molecule has 0 radical (unpaired) electrons. The maximum absolute atomic E-state index is 12.2. The maximum Gasteiger partial charge on any atom is 0.336 e. The monoisotopic (exact) mass is 352 g/mol. The number of rotatable bonds is 5. The molecule has 1 heterocycles. The topological polar surface area (TPSA) is 86.7 Å². The van der Waals surface area contributed by atoms with Crippen LogP contribution < -0.4 is 10.2 Å². The van der Waals surface area contributed by atoms with E-state index >= 15 is 0 Å². The van der Waals surface area contributed by atoms with Crippen molar-refractivity contribution in [1.82, 2.24) is 0 Å². The Balaban J connectivity index is 1.66. The molecule has 134 valence electrons. The van der Waals surface area contributed by atoms with Gasteiger partial charge in [-0.3, -0.25) is 9.59 Å². The third-order valence-corrected chi connectivity index (χ3v) is 4.51. The molecule has 3 rings (SSSR count). The molecule has 0 spiro atoms. The Bertz CT molecular complexity index is 876. The van der Waals surface area contributed by atoms with Gasteiger partial charge in [-0.05, 0) is 42.7 Å². The second-order valence-electron chi connectivity index (χ2n) is 6.31. The number of benzene rings is 2. The number of aromatic carboxylic acids is 1. The van der Waals surface area contributed by atoms with Gasteiger partial charge in [-0.25, -0.2) is 4.79 Å². The lowest BCUT2D eigenvalue weighted by Gasteiger charge is -2.29. The van der Waals surface area contributed by atoms with E-state index in [2.05, 4.69) is 5.32 Å². The fourth-order valence-electron chi connectivity index (χ4n) is 3.11. The molecule has 0 fully saturated rings. The molecule has 0 bridgehead atoms. The number of carbonyl (C=O) groups excluding carboxylic acids is 2. The van der Waals surface area contributed by atoms with Crippen molar-refractivity contribution in [3.63, 3.8) is 0 Å². The number of carboxylic acid groups (broad SMARTS) is 1. The summed E-state index contributed by atoms with van der Waals surface area (Å²) in [6, 6.07) is 12.5. The van der Waals surface area contributed by atoms with Crippen LogP contribution in [-0.2, 0) is 16.0 Å². The van der Waals surface area contributed by atoms with E-state index in [1.54, 1.807) is 24.0 Å². The number of carbonyl (C=O) groups is 3. The Labute approximate surface area is 151 Å². The smallest absolute Gasteiger partial charge is 0.336 e. The largest absolute Gasteiger partial charge is 0.478 e. The van der Waals surface area contributed by atoms with E-state index in [4.69, 9.17) is 5.11 Å². The van der Waals surface area contributed by atoms with Crippen molar-refractivity contribution in [2.24, 2.45) is 0 Å². The Kier molecular flexibility index (Phi) is 5.02. The predicted octanol–water partition coefficient (Wildman–Crippen LogP) is 3.00. The Morgan fingerprint density at radius 2 is 1.92 bits per heavy atom. The summed E-state index contributed by atoms with van der Waals surface area (Å²) in [7, 11) is 0. The SMILES string of the molecule is Cc1ccc(NC(=O)CCN2C(=O)CCc3ccccc32)cc1C(=O)O. The van der Waals surface area contributed by atoms with Crippen LogP contribution in [0, 0.1) is 6.92 Å². The number of hydrogen-bond donors (Lipinski definition) is 2. The normalized spacial score (nSPS) is 13.3. The fourth-order valence-corrected chi connectivity index (χ4v) is 3.11. The van der Waals surface area contributed by atoms with Gasteiger partial charge in [0.25, 0.3) is 0 Å². The first-order valence-corrected chi connectivity index (χ1v) is 8.48. The zero-order valence-electron chi connectivity index (χ0n) is 14.5. The van der Waals surface area contributed by atoms with Crippen LogP contribution in [0.3, 0.4) is 0 Å². The summed E-state index contributed by atoms with van der Waals surface area (Å²) < 4.78 is 0. The number of anilines is 2. The minimum Gasteiger partial charge on any atom is -0.478 e. The number of nitrogens with one attached hydrogen (secondary N) is 1. The van der Waals surface area contributed by atoms with Crippen LogP contribution in [0.5, 0.6) is 0 Å². The summed E-state index contributed by atoms with van der Waals surface area (Å²) in [6.07, 6.45) is 1.30. The number of fused-ring (bicyclic) bond motifs is 1. The molecular weight excluding hydrogens is 332 g/mol. The molecule has 1 aliphatic heterocycles. The number of carboxylic acids is 1. The van der Waals surface area contributed by atoms with Gasteiger partial charge in [0.15, 0.2) is 0 Å². The van der Waals surface area contributed by atoms with E-state index in [0.29, 0.717) is 24.2 Å². The van der Waals surface area contributed by atoms with E-state index in [-0.39, 0.29) is 23.8 Å². The highest BCUT2D eigenvalue weighted by Gasteiger charge is 2.24. The molecule has 6 heteroatoms. The highest BCUT2D eigenvalue weighted by molar-refractivity contribution is 5.98. The highest BCUT2D eigenvalue weighted by atomic mass is 16.4. The molecule has 6 nitrogen and oxygen atoms in total. The first-order valence-electron chi connectivity index (χ1n) is 8.48. The van der Waals surface area contributed by atoms with Crippen molar-refractivity contribution >= 4 is 29.2 Å². The molecule has 0 atom stereocenters. The first-order chi connectivity index (χ1) is 12.5. The van der Waals surface area contributed by atoms with Crippen LogP contribution in [-0.4, -0.2) is 29.4 Å². The van der Waals surface area contributed by atoms with Gasteiger partial charge in [-0.2, -0.15) is 0 Å². The van der Waals surface area contributed by atoms with E-state index in [1.165, 1.54) is 6.07 Å². The average molecular weight is 352 g/mol. The van der Waals surface area contributed by atoms with Crippen molar-refractivity contribution in [3.8, 4) is 0 Å². The molecule has 0 saturated carbocycles. The third kappa shape index (κ3) is 3.74. The summed E-state index contributed by atoms with van der Waals surface area (Å²) in [6.45, 7) is 1.99. The lowest BCUT2D eigenvalue weighted by molar-refractivity contribution is -0.119. The molecule has 2 N–H and O–H groups in total. The van der Waals surface area contributed by atoms with Crippen LogP contribution >= 0.6 is 0 Å². The Hall–Kier alpha value is -3.15. The molecule has 0 unspecified atom stereocenters. The van der Waals surface area contributed by atoms with Gasteiger partial charge in [0.05, 0.1) is 5.56 Å². The van der Waals surface area contributed by atoms with Crippen LogP contribution in [0.15, 0.2) is 42.5 Å². The van der Waals surface area contributed by atoms with Gasteiger partial charge < -0.3 is 15.3 Å². The lowest BCUT2D eigenvalue weighted by atomic mass is 10.0. The quantitative estimate of drug-likeness (QED) is 0.866. The molecule has 2 aromatic carbocycles. The second kappa shape index (κ2) is 7.39. The maximum atomic E-state index is 12.2. The summed E-state index contributed by atoms with van der Waals surface area (Å²) in [5.74, 6) is -1.28. The third-order valence-electron chi connectivity index (χ3n) is 4.51. The van der Waals surface area contributed by atoms with E-state index in [9.17, 15) is 14.4 Å². The van der Waals surface area contributed by atoms with Crippen molar-refractivity contribution in [2.75, 3.05) is 16.8 Å². The predicted molar refractivity (Wildman–Crippen MR) is 98.5 cm³/mol. The molecule has 0 aromatic heterocycles. The Morgan fingerprint density at radius 1 is 1.15 bits per heavy atom. The highest BCUT2D eigenvalue weighted by Crippen LogP contribution is 2.27. The number of para-hydroxylation sites is 1.